The molecule has 0 fully saturated rings. The van der Waals surface area contributed by atoms with Gasteiger partial charge in [0.1, 0.15) is 5.75 Å². The van der Waals surface area contributed by atoms with Crippen LogP contribution in [0.25, 0.3) is 0 Å². The van der Waals surface area contributed by atoms with E-state index in [-0.39, 0.29) is 0 Å². The highest BCUT2D eigenvalue weighted by Crippen LogP contribution is 2.30. The maximum Gasteiger partial charge on any atom is 0.416 e. The van der Waals surface area contributed by atoms with Crippen molar-refractivity contribution >= 4 is 11.4 Å². The molecule has 148 valence electrons. The standard InChI is InChI=1S/C21H27F3N2O/c1-2-3-4-5-14-27-20-11-7-10-19(16-20)26-13-12-25-18-9-6-8-17(15-18)21(22,23)24/h6-11,15-16,25-26H,2-5,12-14H2,1H3. The van der Waals surface area contributed by atoms with Crippen molar-refractivity contribution in [3.05, 3.63) is 54.1 Å². The predicted octanol–water partition coefficient (Wildman–Crippen LogP) is 6.19. The van der Waals surface area contributed by atoms with Gasteiger partial charge in [-0.1, -0.05) is 38.3 Å². The molecule has 3 nitrogen and oxygen atoms in total. The maximum atomic E-state index is 12.7. The van der Waals surface area contributed by atoms with E-state index in [0.717, 1.165) is 30.0 Å². The third kappa shape index (κ3) is 7.81. The van der Waals surface area contributed by atoms with Crippen molar-refractivity contribution in [3.8, 4) is 5.75 Å². The molecule has 27 heavy (non-hydrogen) atoms. The normalized spacial score (nSPS) is 11.3. The smallest absolute Gasteiger partial charge is 0.416 e. The molecule has 2 rings (SSSR count). The topological polar surface area (TPSA) is 33.3 Å². The van der Waals surface area contributed by atoms with Crippen molar-refractivity contribution in [2.45, 2.75) is 38.8 Å². The molecule has 2 aromatic rings. The van der Waals surface area contributed by atoms with Crippen LogP contribution < -0.4 is 15.4 Å². The molecule has 0 unspecified atom stereocenters. The number of hydrogen-bond acceptors (Lipinski definition) is 3. The van der Waals surface area contributed by atoms with Crippen LogP contribution in [0.1, 0.15) is 38.2 Å². The highest BCUT2D eigenvalue weighted by atomic mass is 19.4. The summed E-state index contributed by atoms with van der Waals surface area (Å²) >= 11 is 0. The number of anilines is 2. The molecule has 0 spiro atoms. The first kappa shape index (κ1) is 20.9. The van der Waals surface area contributed by atoms with E-state index in [2.05, 4.69) is 17.6 Å². The Bertz CT molecular complexity index is 689. The Morgan fingerprint density at radius 2 is 1.52 bits per heavy atom. The van der Waals surface area contributed by atoms with Crippen LogP contribution in [0.3, 0.4) is 0 Å². The van der Waals surface area contributed by atoms with Crippen LogP contribution in [0, 0.1) is 0 Å². The molecule has 0 aliphatic rings. The molecular weight excluding hydrogens is 353 g/mol. The lowest BCUT2D eigenvalue weighted by Gasteiger charge is -2.12. The second-order valence-corrected chi connectivity index (χ2v) is 6.37. The van der Waals surface area contributed by atoms with E-state index < -0.39 is 11.7 Å². The molecule has 0 aliphatic heterocycles. The van der Waals surface area contributed by atoms with E-state index in [9.17, 15) is 13.2 Å². The van der Waals surface area contributed by atoms with Crippen LogP contribution in [0.2, 0.25) is 0 Å². The van der Waals surface area contributed by atoms with Gasteiger partial charge in [-0.25, -0.2) is 0 Å². The quantitative estimate of drug-likeness (QED) is 0.456. The van der Waals surface area contributed by atoms with Gasteiger partial charge in [-0.3, -0.25) is 0 Å². The molecular formula is C21H27F3N2O. The van der Waals surface area contributed by atoms with Gasteiger partial charge < -0.3 is 15.4 Å². The molecule has 6 heteroatoms. The first-order valence-corrected chi connectivity index (χ1v) is 9.37. The fraction of sp³-hybridized carbons (Fsp3) is 0.429. The van der Waals surface area contributed by atoms with Gasteiger partial charge in [0.15, 0.2) is 0 Å². The number of unbranched alkanes of at least 4 members (excludes halogenated alkanes) is 3. The van der Waals surface area contributed by atoms with Crippen molar-refractivity contribution in [2.75, 3.05) is 30.3 Å². The maximum absolute atomic E-state index is 12.7. The Kier molecular flexibility index (Phi) is 8.30. The molecule has 0 saturated carbocycles. The monoisotopic (exact) mass is 380 g/mol. The second-order valence-electron chi connectivity index (χ2n) is 6.37. The number of nitrogens with one attached hydrogen (secondary N) is 2. The lowest BCUT2D eigenvalue weighted by atomic mass is 10.2. The Balaban J connectivity index is 1.73. The zero-order chi connectivity index (χ0) is 19.5. The van der Waals surface area contributed by atoms with Gasteiger partial charge in [0.25, 0.3) is 0 Å². The summed E-state index contributed by atoms with van der Waals surface area (Å²) in [6.45, 7) is 3.97. The molecule has 0 amide bonds. The summed E-state index contributed by atoms with van der Waals surface area (Å²) in [6.07, 6.45) is 0.326. The van der Waals surface area contributed by atoms with E-state index >= 15 is 0 Å². The van der Waals surface area contributed by atoms with Crippen LogP contribution in [-0.4, -0.2) is 19.7 Å². The average molecular weight is 380 g/mol. The second kappa shape index (κ2) is 10.7. The molecule has 2 N–H and O–H groups in total. The van der Waals surface area contributed by atoms with Crippen LogP contribution in [-0.2, 0) is 6.18 Å². The third-order valence-electron chi connectivity index (χ3n) is 4.07. The molecule has 0 heterocycles. The predicted molar refractivity (Wildman–Crippen MR) is 105 cm³/mol. The Labute approximate surface area is 158 Å². The fourth-order valence-corrected chi connectivity index (χ4v) is 2.63. The van der Waals surface area contributed by atoms with Gasteiger partial charge in [0.05, 0.1) is 12.2 Å². The largest absolute Gasteiger partial charge is 0.494 e. The van der Waals surface area contributed by atoms with Gasteiger partial charge in [0, 0.05) is 30.5 Å². The number of halogens is 3. The number of hydrogen-bond donors (Lipinski definition) is 2. The Hall–Kier alpha value is -2.37. The first-order chi connectivity index (χ1) is 13.0. The van der Waals surface area contributed by atoms with Crippen LogP contribution >= 0.6 is 0 Å². The van der Waals surface area contributed by atoms with Crippen molar-refractivity contribution in [2.24, 2.45) is 0 Å². The number of alkyl halides is 3. The lowest BCUT2D eigenvalue weighted by Crippen LogP contribution is -2.14. The summed E-state index contributed by atoms with van der Waals surface area (Å²) < 4.78 is 43.9. The molecule has 2 aromatic carbocycles. The van der Waals surface area contributed by atoms with E-state index in [4.69, 9.17) is 4.74 Å². The highest BCUT2D eigenvalue weighted by molar-refractivity contribution is 5.49. The Morgan fingerprint density at radius 3 is 2.19 bits per heavy atom. The first-order valence-electron chi connectivity index (χ1n) is 9.37. The molecule has 0 radical (unpaired) electrons. The summed E-state index contributed by atoms with van der Waals surface area (Å²) in [6, 6.07) is 12.9. The van der Waals surface area contributed by atoms with Crippen LogP contribution in [0.15, 0.2) is 48.5 Å². The summed E-state index contributed by atoms with van der Waals surface area (Å²) in [5.74, 6) is 0.822. The van der Waals surface area contributed by atoms with Crippen LogP contribution in [0.5, 0.6) is 5.75 Å². The third-order valence-corrected chi connectivity index (χ3v) is 4.07. The minimum Gasteiger partial charge on any atom is -0.494 e. The van der Waals surface area contributed by atoms with Gasteiger partial charge in [-0.2, -0.15) is 13.2 Å². The van der Waals surface area contributed by atoms with E-state index in [1.54, 1.807) is 6.07 Å². The van der Waals surface area contributed by atoms with Crippen molar-refractivity contribution in [3.63, 3.8) is 0 Å². The SMILES string of the molecule is CCCCCCOc1cccc(NCCNc2cccc(C(F)(F)F)c2)c1. The molecule has 0 saturated heterocycles. The van der Waals surface area contributed by atoms with Gasteiger partial charge >= 0.3 is 6.18 Å². The molecule has 0 aliphatic carbocycles. The van der Waals surface area contributed by atoms with Crippen molar-refractivity contribution in [1.82, 2.24) is 0 Å². The van der Waals surface area contributed by atoms with Crippen LogP contribution in [0.4, 0.5) is 24.5 Å². The Morgan fingerprint density at radius 1 is 0.852 bits per heavy atom. The van der Waals surface area contributed by atoms with E-state index in [1.165, 1.54) is 25.3 Å². The van der Waals surface area contributed by atoms with Crippen molar-refractivity contribution < 1.29 is 17.9 Å². The van der Waals surface area contributed by atoms with Crippen molar-refractivity contribution in [1.29, 1.82) is 0 Å². The minimum atomic E-state index is -4.33. The summed E-state index contributed by atoms with van der Waals surface area (Å²) in [5, 5.41) is 6.25. The van der Waals surface area contributed by atoms with Gasteiger partial charge in [0.2, 0.25) is 0 Å². The minimum absolute atomic E-state index is 0.454. The van der Waals surface area contributed by atoms with Gasteiger partial charge in [-0.15, -0.1) is 0 Å². The zero-order valence-corrected chi connectivity index (χ0v) is 15.6. The lowest BCUT2D eigenvalue weighted by molar-refractivity contribution is -0.137. The zero-order valence-electron chi connectivity index (χ0n) is 15.6. The van der Waals surface area contributed by atoms with E-state index in [0.29, 0.717) is 25.4 Å². The summed E-state index contributed by atoms with van der Waals surface area (Å²) in [5.41, 5.74) is 0.729. The number of ether oxygens (including phenoxy) is 1. The fourth-order valence-electron chi connectivity index (χ4n) is 2.63. The number of rotatable bonds is 11. The average Bonchev–Trinajstić information content (AvgIpc) is 2.65. The molecule has 0 bridgehead atoms. The van der Waals surface area contributed by atoms with E-state index in [1.807, 2.05) is 24.3 Å². The summed E-state index contributed by atoms with van der Waals surface area (Å²) in [4.78, 5) is 0. The summed E-state index contributed by atoms with van der Waals surface area (Å²) in [7, 11) is 0. The highest BCUT2D eigenvalue weighted by Gasteiger charge is 2.30. The van der Waals surface area contributed by atoms with Gasteiger partial charge in [-0.05, 0) is 36.8 Å². The number of benzene rings is 2. The molecule has 0 aromatic heterocycles. The molecule has 0 atom stereocenters.